The van der Waals surface area contributed by atoms with Crippen LogP contribution in [0.2, 0.25) is 5.02 Å². The van der Waals surface area contributed by atoms with Crippen LogP contribution in [-0.2, 0) is 0 Å². The van der Waals surface area contributed by atoms with Crippen molar-refractivity contribution in [3.05, 3.63) is 71.4 Å². The summed E-state index contributed by atoms with van der Waals surface area (Å²) in [6.45, 7) is 0. The van der Waals surface area contributed by atoms with Crippen molar-refractivity contribution in [1.82, 2.24) is 9.97 Å². The molecule has 0 fully saturated rings. The second-order valence-electron chi connectivity index (χ2n) is 4.70. The van der Waals surface area contributed by atoms with Gasteiger partial charge >= 0.3 is 0 Å². The first kappa shape index (κ1) is 15.1. The molecule has 114 valence electrons. The van der Waals surface area contributed by atoms with Crippen LogP contribution < -0.4 is 0 Å². The van der Waals surface area contributed by atoms with Crippen LogP contribution in [0.25, 0.3) is 11.3 Å². The lowest BCUT2D eigenvalue weighted by molar-refractivity contribution is 0.474. The average molecular weight is 328 g/mol. The molecule has 2 heterocycles. The van der Waals surface area contributed by atoms with Gasteiger partial charge in [-0.2, -0.15) is 0 Å². The topological polar surface area (TPSA) is 58.4 Å². The molecule has 3 rings (SSSR count). The van der Waals surface area contributed by atoms with E-state index in [1.54, 1.807) is 36.8 Å². The van der Waals surface area contributed by atoms with E-state index in [9.17, 15) is 9.50 Å². The predicted molar refractivity (Wildman–Crippen MR) is 87.8 cm³/mol. The third-order valence-corrected chi connectivity index (χ3v) is 3.44. The molecule has 0 bridgehead atoms. The number of rotatable bonds is 3. The molecule has 3 aromatic rings. The minimum absolute atomic E-state index is 0.00235. The Hall–Kier alpha value is -2.79. The second-order valence-corrected chi connectivity index (χ2v) is 5.10. The molecule has 0 radical (unpaired) electrons. The van der Waals surface area contributed by atoms with E-state index >= 15 is 0 Å². The van der Waals surface area contributed by atoms with Crippen molar-refractivity contribution in [1.29, 1.82) is 0 Å². The summed E-state index contributed by atoms with van der Waals surface area (Å²) in [5.74, 6) is -0.506. The largest absolute Gasteiger partial charge is 0.505 e. The van der Waals surface area contributed by atoms with Gasteiger partial charge in [0.15, 0.2) is 5.75 Å². The zero-order valence-corrected chi connectivity index (χ0v) is 12.6. The Balaban J connectivity index is 1.95. The quantitative estimate of drug-likeness (QED) is 0.726. The van der Waals surface area contributed by atoms with Crippen molar-refractivity contribution < 1.29 is 9.50 Å². The number of hydrogen-bond donors (Lipinski definition) is 1. The molecule has 1 N–H and O–H groups in total. The first-order valence-electron chi connectivity index (χ1n) is 6.72. The molecule has 0 amide bonds. The first-order chi connectivity index (χ1) is 11.1. The van der Waals surface area contributed by atoms with Gasteiger partial charge in [-0.3, -0.25) is 15.0 Å². The summed E-state index contributed by atoms with van der Waals surface area (Å²) >= 11 is 5.72. The van der Waals surface area contributed by atoms with Crippen LogP contribution in [0.1, 0.15) is 5.56 Å². The van der Waals surface area contributed by atoms with Gasteiger partial charge in [-0.25, -0.2) is 4.39 Å². The molecule has 0 spiro atoms. The number of benzene rings is 1. The fourth-order valence-corrected chi connectivity index (χ4v) is 2.17. The van der Waals surface area contributed by atoms with Crippen molar-refractivity contribution in [3.8, 4) is 17.0 Å². The Labute approximate surface area is 137 Å². The molecule has 0 saturated carbocycles. The minimum Gasteiger partial charge on any atom is -0.505 e. The van der Waals surface area contributed by atoms with Gasteiger partial charge in [0.25, 0.3) is 0 Å². The lowest BCUT2D eigenvalue weighted by Gasteiger charge is -2.05. The Kier molecular flexibility index (Phi) is 4.30. The highest BCUT2D eigenvalue weighted by molar-refractivity contribution is 6.31. The zero-order chi connectivity index (χ0) is 16.2. The molecule has 4 nitrogen and oxygen atoms in total. The molecular formula is C17H11ClFN3O. The van der Waals surface area contributed by atoms with Gasteiger partial charge in [-0.1, -0.05) is 11.6 Å². The lowest BCUT2D eigenvalue weighted by atomic mass is 10.1. The van der Waals surface area contributed by atoms with Gasteiger partial charge in [0.1, 0.15) is 11.5 Å². The molecule has 0 unspecified atom stereocenters. The van der Waals surface area contributed by atoms with E-state index in [0.29, 0.717) is 22.5 Å². The van der Waals surface area contributed by atoms with Crippen LogP contribution in [0.4, 0.5) is 10.1 Å². The molecule has 0 saturated heterocycles. The number of aromatic hydroxyl groups is 1. The van der Waals surface area contributed by atoms with Gasteiger partial charge in [-0.05, 0) is 36.4 Å². The highest BCUT2D eigenvalue weighted by Gasteiger charge is 2.09. The van der Waals surface area contributed by atoms with Crippen molar-refractivity contribution in [2.75, 3.05) is 0 Å². The summed E-state index contributed by atoms with van der Waals surface area (Å²) in [6.07, 6.45) is 6.30. The Morgan fingerprint density at radius 2 is 2.04 bits per heavy atom. The fraction of sp³-hybridized carbons (Fsp3) is 0. The smallest absolute Gasteiger partial charge is 0.150 e. The van der Waals surface area contributed by atoms with Gasteiger partial charge in [0, 0.05) is 35.9 Å². The summed E-state index contributed by atoms with van der Waals surface area (Å²) in [7, 11) is 0. The molecule has 23 heavy (non-hydrogen) atoms. The third-order valence-electron chi connectivity index (χ3n) is 3.15. The van der Waals surface area contributed by atoms with E-state index in [0.717, 1.165) is 0 Å². The van der Waals surface area contributed by atoms with E-state index in [2.05, 4.69) is 15.0 Å². The van der Waals surface area contributed by atoms with Gasteiger partial charge in [0.05, 0.1) is 10.7 Å². The highest BCUT2D eigenvalue weighted by atomic mass is 35.5. The highest BCUT2D eigenvalue weighted by Crippen LogP contribution is 2.29. The van der Waals surface area contributed by atoms with Gasteiger partial charge in [-0.15, -0.1) is 0 Å². The van der Waals surface area contributed by atoms with Crippen LogP contribution in [0.5, 0.6) is 5.75 Å². The molecule has 6 heteroatoms. The van der Waals surface area contributed by atoms with Gasteiger partial charge in [0.2, 0.25) is 0 Å². The van der Waals surface area contributed by atoms with Crippen molar-refractivity contribution in [2.45, 2.75) is 0 Å². The number of hydrogen-bond acceptors (Lipinski definition) is 4. The second kappa shape index (κ2) is 6.54. The molecule has 1 aromatic carbocycles. The van der Waals surface area contributed by atoms with Crippen molar-refractivity contribution in [3.63, 3.8) is 0 Å². The first-order valence-corrected chi connectivity index (χ1v) is 7.10. The van der Waals surface area contributed by atoms with Crippen LogP contribution in [0.15, 0.2) is 60.0 Å². The summed E-state index contributed by atoms with van der Waals surface area (Å²) in [6, 6.07) is 9.34. The van der Waals surface area contributed by atoms with E-state index in [4.69, 9.17) is 11.6 Å². The maximum atomic E-state index is 13.1. The number of nitrogens with zero attached hydrogens (tertiary/aromatic N) is 3. The van der Waals surface area contributed by atoms with Crippen LogP contribution >= 0.6 is 11.6 Å². The average Bonchev–Trinajstić information content (AvgIpc) is 2.58. The van der Waals surface area contributed by atoms with E-state index < -0.39 is 5.82 Å². The number of aromatic nitrogens is 2. The SMILES string of the molecule is Oc1c(C=Nc2ccc(F)c(Cl)c2)ccnc1-c1cccnc1. The maximum absolute atomic E-state index is 13.1. The molecule has 0 aliphatic rings. The van der Waals surface area contributed by atoms with Crippen LogP contribution in [-0.4, -0.2) is 21.3 Å². The van der Waals surface area contributed by atoms with Crippen LogP contribution in [0.3, 0.4) is 0 Å². The van der Waals surface area contributed by atoms with E-state index in [1.807, 2.05) is 0 Å². The minimum atomic E-state index is -0.503. The molecule has 0 atom stereocenters. The Bertz CT molecular complexity index is 869. The Morgan fingerprint density at radius 1 is 1.17 bits per heavy atom. The molecular weight excluding hydrogens is 317 g/mol. The summed E-state index contributed by atoms with van der Waals surface area (Å²) in [5.41, 5.74) is 2.08. The monoisotopic (exact) mass is 327 g/mol. The lowest BCUT2D eigenvalue weighted by Crippen LogP contribution is -1.90. The summed E-state index contributed by atoms with van der Waals surface area (Å²) in [5, 5.41) is 10.3. The Morgan fingerprint density at radius 3 is 2.78 bits per heavy atom. The summed E-state index contributed by atoms with van der Waals surface area (Å²) in [4.78, 5) is 12.4. The number of pyridine rings is 2. The van der Waals surface area contributed by atoms with Crippen molar-refractivity contribution in [2.24, 2.45) is 4.99 Å². The molecule has 2 aromatic heterocycles. The van der Waals surface area contributed by atoms with E-state index in [1.165, 1.54) is 24.4 Å². The predicted octanol–water partition coefficient (Wildman–Crippen LogP) is 4.39. The third kappa shape index (κ3) is 3.35. The van der Waals surface area contributed by atoms with E-state index in [-0.39, 0.29) is 10.8 Å². The molecule has 0 aliphatic carbocycles. The number of halogens is 2. The van der Waals surface area contributed by atoms with Crippen LogP contribution in [0, 0.1) is 5.82 Å². The van der Waals surface area contributed by atoms with Gasteiger partial charge < -0.3 is 5.11 Å². The summed E-state index contributed by atoms with van der Waals surface area (Å²) < 4.78 is 13.1. The standard InChI is InChI=1S/C17H11ClFN3O/c18-14-8-13(3-4-15(14)19)22-10-12-5-7-21-16(17(12)23)11-2-1-6-20-9-11/h1-10,23H. The zero-order valence-electron chi connectivity index (χ0n) is 11.8. The normalized spacial score (nSPS) is 11.0. The molecule has 0 aliphatic heterocycles. The van der Waals surface area contributed by atoms with Crippen molar-refractivity contribution >= 4 is 23.5 Å². The number of aliphatic imine (C=N–C) groups is 1. The fourth-order valence-electron chi connectivity index (χ4n) is 2.00. The maximum Gasteiger partial charge on any atom is 0.150 e.